The minimum absolute atomic E-state index is 0.00619. The molecule has 1 heterocycles. The molecule has 2 aromatic carbocycles. The van der Waals surface area contributed by atoms with Gasteiger partial charge in [0, 0.05) is 12.7 Å². The number of aromatic nitrogens is 2. The molecule has 6 nitrogen and oxygen atoms in total. The molecule has 1 amide bonds. The van der Waals surface area contributed by atoms with Crippen LogP contribution in [0.15, 0.2) is 61.1 Å². The van der Waals surface area contributed by atoms with Gasteiger partial charge >= 0.3 is 0 Å². The van der Waals surface area contributed by atoms with Gasteiger partial charge in [0.25, 0.3) is 5.91 Å². The number of imidazole rings is 1. The molecule has 1 atom stereocenters. The molecule has 0 saturated carbocycles. The standard InChI is InChI=1S/C28H39N3O3Si/c1-21-12-14-22(15-13-21)23-9-7-10-24(17-23)33-16-8-11-25(34-35(5,6)28(2,3)4)18-31-19-26(27(29)32)30-20-31/h7,9-10,12-15,17,19-20,25H,8,11,16,18H2,1-6H3,(H2,29,32). The molecule has 3 rings (SSSR count). The van der Waals surface area contributed by atoms with Gasteiger partial charge in [0.2, 0.25) is 0 Å². The number of nitrogens with zero attached hydrogens (tertiary/aromatic N) is 2. The van der Waals surface area contributed by atoms with E-state index in [9.17, 15) is 4.79 Å². The Morgan fingerprint density at radius 2 is 1.83 bits per heavy atom. The Balaban J connectivity index is 1.62. The van der Waals surface area contributed by atoms with Crippen molar-refractivity contribution < 1.29 is 14.0 Å². The van der Waals surface area contributed by atoms with Crippen LogP contribution in [0.2, 0.25) is 18.1 Å². The molecule has 35 heavy (non-hydrogen) atoms. The first-order chi connectivity index (χ1) is 16.4. The summed E-state index contributed by atoms with van der Waals surface area (Å²) >= 11 is 0. The van der Waals surface area contributed by atoms with Crippen LogP contribution in [0.25, 0.3) is 11.1 Å². The number of rotatable bonds is 11. The lowest BCUT2D eigenvalue weighted by molar-refractivity contribution is 0.0995. The lowest BCUT2D eigenvalue weighted by Crippen LogP contribution is -2.45. The first-order valence-corrected chi connectivity index (χ1v) is 15.1. The highest BCUT2D eigenvalue weighted by Crippen LogP contribution is 2.38. The molecule has 0 aliphatic heterocycles. The number of hydrogen-bond acceptors (Lipinski definition) is 4. The van der Waals surface area contributed by atoms with Gasteiger partial charge in [-0.2, -0.15) is 0 Å². The van der Waals surface area contributed by atoms with Gasteiger partial charge in [0.15, 0.2) is 8.32 Å². The van der Waals surface area contributed by atoms with Crippen molar-refractivity contribution in [2.45, 2.75) is 71.3 Å². The van der Waals surface area contributed by atoms with Gasteiger partial charge in [-0.1, -0.05) is 62.7 Å². The molecule has 0 saturated heterocycles. The van der Waals surface area contributed by atoms with Crippen molar-refractivity contribution >= 4 is 14.2 Å². The maximum absolute atomic E-state index is 11.4. The monoisotopic (exact) mass is 493 g/mol. The molecular weight excluding hydrogens is 454 g/mol. The SMILES string of the molecule is Cc1ccc(-c2cccc(OCCCC(Cn3cnc(C(N)=O)c3)O[Si](C)(C)C(C)(C)C)c2)cc1. The van der Waals surface area contributed by atoms with Crippen LogP contribution in [-0.2, 0) is 11.0 Å². The number of hydrogen-bond donors (Lipinski definition) is 1. The summed E-state index contributed by atoms with van der Waals surface area (Å²) in [6.45, 7) is 14.6. The molecule has 3 aromatic rings. The quantitative estimate of drug-likeness (QED) is 0.254. The minimum Gasteiger partial charge on any atom is -0.494 e. The average molecular weight is 494 g/mol. The second-order valence-electron chi connectivity index (χ2n) is 10.7. The molecule has 0 spiro atoms. The van der Waals surface area contributed by atoms with E-state index in [2.05, 4.69) is 82.2 Å². The van der Waals surface area contributed by atoms with E-state index in [0.29, 0.717) is 13.2 Å². The number of nitrogens with two attached hydrogens (primary N) is 1. The molecule has 7 heteroatoms. The Hall–Kier alpha value is -2.90. The third-order valence-electron chi connectivity index (χ3n) is 6.73. The van der Waals surface area contributed by atoms with Crippen molar-refractivity contribution in [1.82, 2.24) is 9.55 Å². The summed E-state index contributed by atoms with van der Waals surface area (Å²) in [4.78, 5) is 15.5. The van der Waals surface area contributed by atoms with Crippen molar-refractivity contribution in [1.29, 1.82) is 0 Å². The van der Waals surface area contributed by atoms with Gasteiger partial charge in [-0.25, -0.2) is 4.98 Å². The second-order valence-corrected chi connectivity index (χ2v) is 15.5. The fourth-order valence-corrected chi connectivity index (χ4v) is 4.99. The Morgan fingerprint density at radius 3 is 2.46 bits per heavy atom. The van der Waals surface area contributed by atoms with Gasteiger partial charge in [0.1, 0.15) is 11.4 Å². The van der Waals surface area contributed by atoms with Crippen molar-refractivity contribution in [3.8, 4) is 16.9 Å². The summed E-state index contributed by atoms with van der Waals surface area (Å²) in [6.07, 6.45) is 5.03. The van der Waals surface area contributed by atoms with E-state index in [4.69, 9.17) is 14.9 Å². The molecule has 0 aliphatic carbocycles. The number of carbonyl (C=O) groups is 1. The minimum atomic E-state index is -1.98. The number of benzene rings is 2. The molecule has 188 valence electrons. The van der Waals surface area contributed by atoms with E-state index in [-0.39, 0.29) is 16.8 Å². The second kappa shape index (κ2) is 11.2. The highest BCUT2D eigenvalue weighted by atomic mass is 28.4. The van der Waals surface area contributed by atoms with Gasteiger partial charge < -0.3 is 19.5 Å². The van der Waals surface area contributed by atoms with E-state index in [1.165, 1.54) is 11.1 Å². The van der Waals surface area contributed by atoms with Crippen LogP contribution in [0.5, 0.6) is 5.75 Å². The maximum Gasteiger partial charge on any atom is 0.268 e. The third kappa shape index (κ3) is 7.54. The van der Waals surface area contributed by atoms with Crippen LogP contribution < -0.4 is 10.5 Å². The zero-order valence-electron chi connectivity index (χ0n) is 21.9. The highest BCUT2D eigenvalue weighted by Gasteiger charge is 2.39. The number of carbonyl (C=O) groups excluding carboxylic acids is 1. The maximum atomic E-state index is 11.4. The van der Waals surface area contributed by atoms with Crippen molar-refractivity contribution in [2.24, 2.45) is 5.73 Å². The summed E-state index contributed by atoms with van der Waals surface area (Å²) in [6, 6.07) is 16.7. The predicted molar refractivity (Wildman–Crippen MR) is 144 cm³/mol. The average Bonchev–Trinajstić information content (AvgIpc) is 3.25. The normalized spacial score (nSPS) is 13.0. The number of amides is 1. The topological polar surface area (TPSA) is 79.4 Å². The first-order valence-electron chi connectivity index (χ1n) is 12.2. The fourth-order valence-electron chi connectivity index (χ4n) is 3.62. The van der Waals surface area contributed by atoms with Crippen LogP contribution in [0.3, 0.4) is 0 Å². The fraction of sp³-hybridized carbons (Fsp3) is 0.429. The molecule has 1 aromatic heterocycles. The Labute approximate surface area is 210 Å². The van der Waals surface area contributed by atoms with Crippen molar-refractivity contribution in [3.05, 3.63) is 72.3 Å². The summed E-state index contributed by atoms with van der Waals surface area (Å²) in [5.74, 6) is 0.345. The molecule has 0 radical (unpaired) electrons. The first kappa shape index (κ1) is 26.7. The van der Waals surface area contributed by atoms with Crippen LogP contribution in [0, 0.1) is 6.92 Å². The number of aryl methyl sites for hydroxylation is 1. The van der Waals surface area contributed by atoms with E-state index in [0.717, 1.165) is 24.2 Å². The van der Waals surface area contributed by atoms with E-state index in [1.807, 2.05) is 16.7 Å². The Morgan fingerprint density at radius 1 is 1.11 bits per heavy atom. The Kier molecular flexibility index (Phi) is 8.56. The van der Waals surface area contributed by atoms with E-state index >= 15 is 0 Å². The Bertz CT molecular complexity index is 1120. The largest absolute Gasteiger partial charge is 0.494 e. The van der Waals surface area contributed by atoms with Crippen LogP contribution in [0.4, 0.5) is 0 Å². The van der Waals surface area contributed by atoms with Gasteiger partial charge in [-0.15, -0.1) is 0 Å². The van der Waals surface area contributed by atoms with Crippen LogP contribution in [0.1, 0.15) is 49.7 Å². The molecular formula is C28H39N3O3Si. The van der Waals surface area contributed by atoms with Gasteiger partial charge in [0.05, 0.1) is 19.0 Å². The lowest BCUT2D eigenvalue weighted by Gasteiger charge is -2.39. The number of ether oxygens (including phenoxy) is 1. The van der Waals surface area contributed by atoms with Crippen molar-refractivity contribution in [3.63, 3.8) is 0 Å². The summed E-state index contributed by atoms with van der Waals surface area (Å²) in [7, 11) is -1.98. The molecule has 0 bridgehead atoms. The van der Waals surface area contributed by atoms with E-state index in [1.54, 1.807) is 12.5 Å². The smallest absolute Gasteiger partial charge is 0.268 e. The molecule has 1 unspecified atom stereocenters. The van der Waals surface area contributed by atoms with Crippen LogP contribution in [-0.4, -0.2) is 36.5 Å². The lowest BCUT2D eigenvalue weighted by atomic mass is 10.0. The third-order valence-corrected chi connectivity index (χ3v) is 11.3. The molecule has 0 aliphatic rings. The molecule has 0 fully saturated rings. The van der Waals surface area contributed by atoms with E-state index < -0.39 is 14.2 Å². The predicted octanol–water partition coefficient (Wildman–Crippen LogP) is 6.21. The zero-order chi connectivity index (χ0) is 25.6. The zero-order valence-corrected chi connectivity index (χ0v) is 22.9. The van der Waals surface area contributed by atoms with Gasteiger partial charge in [-0.3, -0.25) is 4.79 Å². The summed E-state index contributed by atoms with van der Waals surface area (Å²) in [5.41, 5.74) is 9.21. The van der Waals surface area contributed by atoms with Gasteiger partial charge in [-0.05, 0) is 61.2 Å². The van der Waals surface area contributed by atoms with Crippen molar-refractivity contribution in [2.75, 3.05) is 6.61 Å². The summed E-state index contributed by atoms with van der Waals surface area (Å²) < 4.78 is 14.7. The number of primary amides is 1. The highest BCUT2D eigenvalue weighted by molar-refractivity contribution is 6.74. The molecule has 2 N–H and O–H groups in total. The van der Waals surface area contributed by atoms with Crippen LogP contribution >= 0.6 is 0 Å². The summed E-state index contributed by atoms with van der Waals surface area (Å²) in [5, 5.41) is 0.103.